The number of aryl methyl sites for hydroxylation is 1. The van der Waals surface area contributed by atoms with E-state index in [2.05, 4.69) is 70.7 Å². The number of H-pyrrole nitrogens is 1. The van der Waals surface area contributed by atoms with Crippen LogP contribution in [0.15, 0.2) is 48.8 Å². The molecule has 3 heteroatoms. The highest BCUT2D eigenvalue weighted by Crippen LogP contribution is 2.17. The molecule has 0 unspecified atom stereocenters. The van der Waals surface area contributed by atoms with E-state index in [0.29, 0.717) is 0 Å². The smallest absolute Gasteiger partial charge is 0.116 e. The van der Waals surface area contributed by atoms with Gasteiger partial charge in [-0.1, -0.05) is 18.2 Å². The minimum atomic E-state index is 1.05. The van der Waals surface area contributed by atoms with Gasteiger partial charge in [-0.3, -0.25) is 0 Å². The van der Waals surface area contributed by atoms with Crippen molar-refractivity contribution < 1.29 is 5.32 Å². The van der Waals surface area contributed by atoms with Gasteiger partial charge in [0.1, 0.15) is 6.54 Å². The van der Waals surface area contributed by atoms with E-state index < -0.39 is 0 Å². The summed E-state index contributed by atoms with van der Waals surface area (Å²) in [5.41, 5.74) is 4.03. The van der Waals surface area contributed by atoms with Crippen molar-refractivity contribution in [2.45, 2.75) is 13.0 Å². The lowest BCUT2D eigenvalue weighted by Crippen LogP contribution is -2.83. The fraction of sp³-hybridized carbons (Fsp3) is 0.250. The number of aromatic amines is 1. The highest BCUT2D eigenvalue weighted by molar-refractivity contribution is 5.82. The molecule has 2 heterocycles. The fourth-order valence-corrected chi connectivity index (χ4v) is 2.55. The van der Waals surface area contributed by atoms with Crippen molar-refractivity contribution in [3.8, 4) is 0 Å². The van der Waals surface area contributed by atoms with Crippen molar-refractivity contribution in [2.75, 3.05) is 6.54 Å². The SMILES string of the molecule is Cn1cccc1C[NH2+]CCc1c[nH]c2ccccc12. The maximum absolute atomic E-state index is 3.33. The molecule has 0 fully saturated rings. The largest absolute Gasteiger partial charge is 0.361 e. The molecule has 0 aliphatic heterocycles. The second-order valence-electron chi connectivity index (χ2n) is 5.00. The Morgan fingerprint density at radius 1 is 1.16 bits per heavy atom. The van der Waals surface area contributed by atoms with Crippen molar-refractivity contribution in [1.29, 1.82) is 0 Å². The number of rotatable bonds is 5. The number of nitrogens with zero attached hydrogens (tertiary/aromatic N) is 1. The summed E-state index contributed by atoms with van der Waals surface area (Å²) in [6.07, 6.45) is 5.35. The van der Waals surface area contributed by atoms with Gasteiger partial charge in [0.2, 0.25) is 0 Å². The molecule has 0 spiro atoms. The number of nitrogens with one attached hydrogen (secondary N) is 1. The Morgan fingerprint density at radius 3 is 2.89 bits per heavy atom. The Morgan fingerprint density at radius 2 is 2.05 bits per heavy atom. The van der Waals surface area contributed by atoms with E-state index >= 15 is 0 Å². The molecule has 0 saturated carbocycles. The van der Waals surface area contributed by atoms with Crippen LogP contribution in [0.5, 0.6) is 0 Å². The molecule has 0 atom stereocenters. The summed E-state index contributed by atoms with van der Waals surface area (Å²) < 4.78 is 2.18. The van der Waals surface area contributed by atoms with E-state index in [1.807, 2.05) is 0 Å². The van der Waals surface area contributed by atoms with E-state index in [4.69, 9.17) is 0 Å². The molecule has 98 valence electrons. The molecule has 0 aliphatic rings. The van der Waals surface area contributed by atoms with Crippen LogP contribution in [0.2, 0.25) is 0 Å². The summed E-state index contributed by atoms with van der Waals surface area (Å²) in [6, 6.07) is 12.8. The zero-order chi connectivity index (χ0) is 13.1. The minimum Gasteiger partial charge on any atom is -0.361 e. The average Bonchev–Trinajstić information content (AvgIpc) is 3.02. The van der Waals surface area contributed by atoms with E-state index in [1.54, 1.807) is 0 Å². The van der Waals surface area contributed by atoms with Crippen molar-refractivity contribution in [2.24, 2.45) is 7.05 Å². The molecule has 0 amide bonds. The Bertz CT molecular complexity index is 663. The molecule has 3 nitrogen and oxygen atoms in total. The van der Waals surface area contributed by atoms with E-state index in [-0.39, 0.29) is 0 Å². The number of hydrogen-bond donors (Lipinski definition) is 2. The first-order valence-corrected chi connectivity index (χ1v) is 6.81. The maximum atomic E-state index is 3.33. The van der Waals surface area contributed by atoms with Crippen LogP contribution in [0.1, 0.15) is 11.3 Å². The monoisotopic (exact) mass is 254 g/mol. The third-order valence-corrected chi connectivity index (χ3v) is 3.70. The van der Waals surface area contributed by atoms with E-state index in [0.717, 1.165) is 19.5 Å². The molecule has 3 aromatic rings. The molecular formula is C16H20N3+. The zero-order valence-electron chi connectivity index (χ0n) is 11.3. The van der Waals surface area contributed by atoms with Gasteiger partial charge in [-0.25, -0.2) is 0 Å². The highest BCUT2D eigenvalue weighted by atomic mass is 15.0. The van der Waals surface area contributed by atoms with Crippen molar-refractivity contribution in [3.05, 3.63) is 60.0 Å². The summed E-state index contributed by atoms with van der Waals surface area (Å²) in [5, 5.41) is 3.73. The number of nitrogens with two attached hydrogens (primary N) is 1. The fourth-order valence-electron chi connectivity index (χ4n) is 2.55. The molecule has 0 aliphatic carbocycles. The van der Waals surface area contributed by atoms with Gasteiger partial charge >= 0.3 is 0 Å². The van der Waals surface area contributed by atoms with Crippen LogP contribution in [0.25, 0.3) is 10.9 Å². The summed E-state index contributed by atoms with van der Waals surface area (Å²) in [5.74, 6) is 0. The first kappa shape index (κ1) is 12.1. The molecule has 0 radical (unpaired) electrons. The van der Waals surface area contributed by atoms with Gasteiger partial charge < -0.3 is 14.9 Å². The normalized spacial score (nSPS) is 11.2. The first-order chi connectivity index (χ1) is 9.34. The topological polar surface area (TPSA) is 37.3 Å². The van der Waals surface area contributed by atoms with Crippen LogP contribution in [0.4, 0.5) is 0 Å². The lowest BCUT2D eigenvalue weighted by molar-refractivity contribution is -0.670. The van der Waals surface area contributed by atoms with Gasteiger partial charge in [-0.2, -0.15) is 0 Å². The van der Waals surface area contributed by atoms with Crippen LogP contribution < -0.4 is 5.32 Å². The summed E-state index contributed by atoms with van der Waals surface area (Å²) in [4.78, 5) is 3.33. The third-order valence-electron chi connectivity index (χ3n) is 3.70. The Kier molecular flexibility index (Phi) is 3.38. The molecule has 0 saturated heterocycles. The standard InChI is InChI=1S/C16H19N3/c1-19-10-4-5-14(19)12-17-9-8-13-11-18-16-7-3-2-6-15(13)16/h2-7,10-11,17-18H,8-9,12H2,1H3/p+1. The van der Waals surface area contributed by atoms with Gasteiger partial charge in [0.05, 0.1) is 12.2 Å². The van der Waals surface area contributed by atoms with Crippen LogP contribution in [0, 0.1) is 0 Å². The highest BCUT2D eigenvalue weighted by Gasteiger charge is 2.04. The van der Waals surface area contributed by atoms with Crippen LogP contribution in [-0.4, -0.2) is 16.1 Å². The summed E-state index contributed by atoms with van der Waals surface area (Å²) in [7, 11) is 2.10. The number of para-hydroxylation sites is 1. The van der Waals surface area contributed by atoms with E-state index in [1.165, 1.54) is 22.2 Å². The maximum Gasteiger partial charge on any atom is 0.116 e. The van der Waals surface area contributed by atoms with Gasteiger partial charge in [0.25, 0.3) is 0 Å². The molecule has 0 bridgehead atoms. The summed E-state index contributed by atoms with van der Waals surface area (Å²) in [6.45, 7) is 2.17. The van der Waals surface area contributed by atoms with Crippen molar-refractivity contribution >= 4 is 10.9 Å². The molecule has 3 rings (SSSR count). The second-order valence-corrected chi connectivity index (χ2v) is 5.00. The van der Waals surface area contributed by atoms with Gasteiger partial charge in [-0.05, 0) is 23.8 Å². The number of benzene rings is 1. The number of quaternary nitrogens is 1. The molecule has 3 N–H and O–H groups in total. The predicted octanol–water partition coefficient (Wildman–Crippen LogP) is 1.81. The van der Waals surface area contributed by atoms with Gasteiger partial charge in [0.15, 0.2) is 0 Å². The predicted molar refractivity (Wildman–Crippen MR) is 77.9 cm³/mol. The van der Waals surface area contributed by atoms with Crippen LogP contribution in [-0.2, 0) is 20.0 Å². The Balaban J connectivity index is 1.57. The minimum absolute atomic E-state index is 1.05. The summed E-state index contributed by atoms with van der Waals surface area (Å²) >= 11 is 0. The first-order valence-electron chi connectivity index (χ1n) is 6.81. The molecule has 2 aromatic heterocycles. The lowest BCUT2D eigenvalue weighted by atomic mass is 10.1. The van der Waals surface area contributed by atoms with Crippen molar-refractivity contribution in [3.63, 3.8) is 0 Å². The van der Waals surface area contributed by atoms with Crippen LogP contribution in [0.3, 0.4) is 0 Å². The molecular weight excluding hydrogens is 234 g/mol. The van der Waals surface area contributed by atoms with Gasteiger partial charge in [0, 0.05) is 36.8 Å². The Labute approximate surface area is 113 Å². The molecule has 1 aromatic carbocycles. The number of aromatic nitrogens is 2. The Hall–Kier alpha value is -2.00. The number of hydrogen-bond acceptors (Lipinski definition) is 0. The molecule has 19 heavy (non-hydrogen) atoms. The van der Waals surface area contributed by atoms with E-state index in [9.17, 15) is 0 Å². The van der Waals surface area contributed by atoms with Gasteiger partial charge in [-0.15, -0.1) is 0 Å². The second kappa shape index (κ2) is 5.33. The third kappa shape index (κ3) is 2.56. The van der Waals surface area contributed by atoms with Crippen LogP contribution >= 0.6 is 0 Å². The quantitative estimate of drug-likeness (QED) is 0.652. The van der Waals surface area contributed by atoms with Crippen molar-refractivity contribution in [1.82, 2.24) is 9.55 Å². The number of fused-ring (bicyclic) bond motifs is 1. The average molecular weight is 254 g/mol. The lowest BCUT2D eigenvalue weighted by Gasteiger charge is -2.03. The zero-order valence-corrected chi connectivity index (χ0v) is 11.3.